The Hall–Kier alpha value is -3.28. The Morgan fingerprint density at radius 3 is 2.54 bits per heavy atom. The van der Waals surface area contributed by atoms with E-state index in [4.69, 9.17) is 5.41 Å². The van der Waals surface area contributed by atoms with Crippen LogP contribution in [0.25, 0.3) is 11.4 Å². The second kappa shape index (κ2) is 6.08. The third-order valence-corrected chi connectivity index (χ3v) is 3.72. The van der Waals surface area contributed by atoms with Gasteiger partial charge in [0, 0.05) is 24.9 Å². The molecule has 5 nitrogen and oxygen atoms in total. The monoisotopic (exact) mass is 323 g/mol. The van der Waals surface area contributed by atoms with Gasteiger partial charge in [0.1, 0.15) is 17.1 Å². The summed E-state index contributed by atoms with van der Waals surface area (Å²) in [5.74, 6) is -0.748. The van der Waals surface area contributed by atoms with Crippen molar-refractivity contribution in [1.82, 2.24) is 9.55 Å². The standard InChI is InChI=1S/C18H14FN3O2/c1-22-14(13-4-2-3-9-21-13)10-15(23)16(18(22)24)17(20)11-5-7-12(19)8-6-11/h2-10,20,23H,1H3. The van der Waals surface area contributed by atoms with Gasteiger partial charge >= 0.3 is 0 Å². The van der Waals surface area contributed by atoms with E-state index in [9.17, 15) is 14.3 Å². The van der Waals surface area contributed by atoms with Crippen molar-refractivity contribution in [3.05, 3.63) is 82.0 Å². The molecule has 3 rings (SSSR count). The highest BCUT2D eigenvalue weighted by molar-refractivity contribution is 6.12. The molecule has 0 spiro atoms. The van der Waals surface area contributed by atoms with Crippen LogP contribution < -0.4 is 5.56 Å². The van der Waals surface area contributed by atoms with Crippen LogP contribution in [0.1, 0.15) is 11.1 Å². The first-order valence-electron chi connectivity index (χ1n) is 7.18. The van der Waals surface area contributed by atoms with Crippen LogP contribution in [0.3, 0.4) is 0 Å². The van der Waals surface area contributed by atoms with Crippen LogP contribution >= 0.6 is 0 Å². The highest BCUT2D eigenvalue weighted by Gasteiger charge is 2.19. The number of hydrogen-bond donors (Lipinski definition) is 2. The van der Waals surface area contributed by atoms with Gasteiger partial charge in [0.2, 0.25) is 0 Å². The number of nitrogens with zero attached hydrogens (tertiary/aromatic N) is 2. The van der Waals surface area contributed by atoms with Crippen LogP contribution in [0.15, 0.2) is 59.5 Å². The molecule has 0 saturated heterocycles. The number of rotatable bonds is 3. The Labute approximate surface area is 137 Å². The fraction of sp³-hybridized carbons (Fsp3) is 0.0556. The summed E-state index contributed by atoms with van der Waals surface area (Å²) >= 11 is 0. The fourth-order valence-electron chi connectivity index (χ4n) is 2.44. The minimum Gasteiger partial charge on any atom is -0.507 e. The van der Waals surface area contributed by atoms with E-state index in [-0.39, 0.29) is 17.0 Å². The normalized spacial score (nSPS) is 10.6. The van der Waals surface area contributed by atoms with Crippen molar-refractivity contribution in [3.8, 4) is 17.1 Å². The van der Waals surface area contributed by atoms with Gasteiger partial charge in [-0.25, -0.2) is 4.39 Å². The number of hydrogen-bond acceptors (Lipinski definition) is 4. The maximum Gasteiger partial charge on any atom is 0.264 e. The zero-order valence-electron chi connectivity index (χ0n) is 12.8. The van der Waals surface area contributed by atoms with Gasteiger partial charge in [-0.15, -0.1) is 0 Å². The predicted molar refractivity (Wildman–Crippen MR) is 88.9 cm³/mol. The number of halogens is 1. The first-order valence-corrected chi connectivity index (χ1v) is 7.18. The lowest BCUT2D eigenvalue weighted by Crippen LogP contribution is -2.26. The summed E-state index contributed by atoms with van der Waals surface area (Å²) in [6.07, 6.45) is 1.59. The molecule has 120 valence electrons. The largest absolute Gasteiger partial charge is 0.507 e. The van der Waals surface area contributed by atoms with Gasteiger partial charge in [0.15, 0.2) is 0 Å². The number of nitrogens with one attached hydrogen (secondary N) is 1. The Morgan fingerprint density at radius 2 is 1.92 bits per heavy atom. The lowest BCUT2D eigenvalue weighted by atomic mass is 10.0. The summed E-state index contributed by atoms with van der Waals surface area (Å²) in [6.45, 7) is 0. The van der Waals surface area contributed by atoms with Crippen molar-refractivity contribution in [1.29, 1.82) is 5.41 Å². The predicted octanol–water partition coefficient (Wildman–Crippen LogP) is 2.71. The van der Waals surface area contributed by atoms with E-state index in [1.165, 1.54) is 34.9 Å². The van der Waals surface area contributed by atoms with Crippen molar-refractivity contribution in [3.63, 3.8) is 0 Å². The van der Waals surface area contributed by atoms with Gasteiger partial charge in [-0.3, -0.25) is 15.2 Å². The molecule has 1 aromatic carbocycles. The van der Waals surface area contributed by atoms with Crippen molar-refractivity contribution in [2.45, 2.75) is 0 Å². The topological polar surface area (TPSA) is 79.0 Å². The van der Waals surface area contributed by atoms with Crippen LogP contribution in [0.2, 0.25) is 0 Å². The third-order valence-electron chi connectivity index (χ3n) is 3.72. The molecule has 24 heavy (non-hydrogen) atoms. The molecule has 0 amide bonds. The molecule has 0 unspecified atom stereocenters. The van der Waals surface area contributed by atoms with E-state index in [1.54, 1.807) is 31.4 Å². The van der Waals surface area contributed by atoms with Gasteiger partial charge in [-0.2, -0.15) is 0 Å². The Balaban J connectivity index is 2.14. The smallest absolute Gasteiger partial charge is 0.264 e. The molecular formula is C18H14FN3O2. The second-order valence-corrected chi connectivity index (χ2v) is 5.25. The van der Waals surface area contributed by atoms with Gasteiger partial charge in [-0.1, -0.05) is 6.07 Å². The summed E-state index contributed by atoms with van der Waals surface area (Å²) in [7, 11) is 1.55. The van der Waals surface area contributed by atoms with Crippen molar-refractivity contribution in [2.75, 3.05) is 0 Å². The summed E-state index contributed by atoms with van der Waals surface area (Å²) in [4.78, 5) is 16.8. The van der Waals surface area contributed by atoms with E-state index in [2.05, 4.69) is 4.98 Å². The fourth-order valence-corrected chi connectivity index (χ4v) is 2.44. The molecule has 0 bridgehead atoms. The molecule has 0 fully saturated rings. The summed E-state index contributed by atoms with van der Waals surface area (Å²) < 4.78 is 14.4. The summed E-state index contributed by atoms with van der Waals surface area (Å²) in [5.41, 5.74) is 0.491. The minimum absolute atomic E-state index is 0.135. The van der Waals surface area contributed by atoms with Gasteiger partial charge in [0.05, 0.1) is 17.1 Å². The quantitative estimate of drug-likeness (QED) is 0.727. The highest BCUT2D eigenvalue weighted by Crippen LogP contribution is 2.23. The van der Waals surface area contributed by atoms with Gasteiger partial charge in [0.25, 0.3) is 5.56 Å². The Morgan fingerprint density at radius 1 is 1.21 bits per heavy atom. The number of aromatic hydroxyl groups is 1. The van der Waals surface area contributed by atoms with Crippen LogP contribution in [0.4, 0.5) is 4.39 Å². The molecule has 3 aromatic rings. The van der Waals surface area contributed by atoms with E-state index in [0.29, 0.717) is 17.0 Å². The van der Waals surface area contributed by atoms with E-state index < -0.39 is 11.4 Å². The summed E-state index contributed by atoms with van der Waals surface area (Å²) in [6, 6.07) is 11.8. The zero-order valence-corrected chi connectivity index (χ0v) is 12.8. The number of aromatic nitrogens is 2. The first-order chi connectivity index (χ1) is 11.5. The first kappa shape index (κ1) is 15.6. The van der Waals surface area contributed by atoms with Crippen LogP contribution in [-0.4, -0.2) is 20.4 Å². The molecule has 6 heteroatoms. The molecule has 0 aliphatic heterocycles. The molecule has 0 aliphatic carbocycles. The van der Waals surface area contributed by atoms with E-state index in [1.807, 2.05) is 0 Å². The zero-order chi connectivity index (χ0) is 17.3. The van der Waals surface area contributed by atoms with E-state index >= 15 is 0 Å². The van der Waals surface area contributed by atoms with Crippen LogP contribution in [-0.2, 0) is 7.05 Å². The van der Waals surface area contributed by atoms with Gasteiger partial charge in [-0.05, 0) is 36.4 Å². The molecular weight excluding hydrogens is 309 g/mol. The molecule has 0 radical (unpaired) electrons. The van der Waals surface area contributed by atoms with Crippen molar-refractivity contribution >= 4 is 5.71 Å². The highest BCUT2D eigenvalue weighted by atomic mass is 19.1. The average molecular weight is 323 g/mol. The Bertz CT molecular complexity index is 964. The maximum absolute atomic E-state index is 13.0. The van der Waals surface area contributed by atoms with Crippen LogP contribution in [0, 0.1) is 11.2 Å². The molecule has 2 aromatic heterocycles. The van der Waals surface area contributed by atoms with Crippen LogP contribution in [0.5, 0.6) is 5.75 Å². The Kier molecular flexibility index (Phi) is 3.95. The number of benzene rings is 1. The lowest BCUT2D eigenvalue weighted by molar-refractivity contribution is 0.471. The third kappa shape index (κ3) is 2.69. The second-order valence-electron chi connectivity index (χ2n) is 5.25. The summed E-state index contributed by atoms with van der Waals surface area (Å²) in [5, 5.41) is 18.5. The molecule has 0 atom stereocenters. The molecule has 2 N–H and O–H groups in total. The maximum atomic E-state index is 13.0. The van der Waals surface area contributed by atoms with Crippen molar-refractivity contribution in [2.24, 2.45) is 7.05 Å². The molecule has 0 aliphatic rings. The molecule has 2 heterocycles. The van der Waals surface area contributed by atoms with Crippen molar-refractivity contribution < 1.29 is 9.50 Å². The van der Waals surface area contributed by atoms with E-state index in [0.717, 1.165) is 0 Å². The SMILES string of the molecule is Cn1c(-c2ccccn2)cc(O)c(C(=N)c2ccc(F)cc2)c1=O. The lowest BCUT2D eigenvalue weighted by Gasteiger charge is -2.13. The average Bonchev–Trinajstić information content (AvgIpc) is 2.59. The van der Waals surface area contributed by atoms with Gasteiger partial charge < -0.3 is 9.67 Å². The number of pyridine rings is 2. The molecule has 0 saturated carbocycles. The minimum atomic E-state index is -0.523.